The van der Waals surface area contributed by atoms with Crippen LogP contribution in [0.3, 0.4) is 0 Å². The Morgan fingerprint density at radius 1 is 1.31 bits per heavy atom. The Morgan fingerprint density at radius 2 is 2.11 bits per heavy atom. The van der Waals surface area contributed by atoms with Crippen molar-refractivity contribution in [2.24, 2.45) is 15.0 Å². The van der Waals surface area contributed by atoms with Gasteiger partial charge >= 0.3 is 0 Å². The second-order valence-electron chi connectivity index (χ2n) is 8.45. The lowest BCUT2D eigenvalue weighted by Gasteiger charge is -2.33. The molecule has 2 heterocycles. The van der Waals surface area contributed by atoms with Gasteiger partial charge in [-0.2, -0.15) is 0 Å². The van der Waals surface area contributed by atoms with Gasteiger partial charge in [-0.3, -0.25) is 9.98 Å². The van der Waals surface area contributed by atoms with Crippen LogP contribution in [0.1, 0.15) is 30.9 Å². The number of fused-ring (bicyclic) bond motifs is 1. The van der Waals surface area contributed by atoms with E-state index >= 15 is 4.39 Å². The van der Waals surface area contributed by atoms with Crippen LogP contribution in [0.5, 0.6) is 5.75 Å². The largest absolute Gasteiger partial charge is 0.508 e. The molecule has 0 amide bonds. The van der Waals surface area contributed by atoms with Crippen LogP contribution in [0.15, 0.2) is 56.5 Å². The lowest BCUT2D eigenvalue weighted by molar-refractivity contribution is 0.0874. The number of phenolic OH excluding ortho intramolecular Hbond substituents is 1. The van der Waals surface area contributed by atoms with E-state index in [4.69, 9.17) is 4.74 Å². The van der Waals surface area contributed by atoms with E-state index in [0.29, 0.717) is 53.7 Å². The smallest absolute Gasteiger partial charge is 0.175 e. The normalized spacial score (nSPS) is 21.2. The number of halogens is 2. The van der Waals surface area contributed by atoms with Crippen LogP contribution in [0.4, 0.5) is 8.78 Å². The predicted octanol–water partition coefficient (Wildman–Crippen LogP) is 4.38. The van der Waals surface area contributed by atoms with Gasteiger partial charge in [0, 0.05) is 32.0 Å². The summed E-state index contributed by atoms with van der Waals surface area (Å²) in [6.45, 7) is 6.29. The fourth-order valence-electron chi connectivity index (χ4n) is 4.65. The number of hydrogen-bond donors (Lipinski definition) is 2. The first-order valence-corrected chi connectivity index (χ1v) is 11.5. The monoisotopic (exact) mass is 482 g/mol. The van der Waals surface area contributed by atoms with Gasteiger partial charge in [0.1, 0.15) is 35.5 Å². The number of benzene rings is 2. The highest BCUT2D eigenvalue weighted by Crippen LogP contribution is 2.38. The minimum absolute atomic E-state index is 0.0368. The Kier molecular flexibility index (Phi) is 7.37. The van der Waals surface area contributed by atoms with E-state index in [9.17, 15) is 14.6 Å². The summed E-state index contributed by atoms with van der Waals surface area (Å²) in [5.74, 6) is -0.901. The van der Waals surface area contributed by atoms with Crippen LogP contribution >= 0.6 is 0 Å². The second-order valence-corrected chi connectivity index (χ2v) is 8.45. The molecule has 2 N–H and O–H groups in total. The first-order valence-electron chi connectivity index (χ1n) is 11.5. The Labute approximate surface area is 202 Å². The van der Waals surface area contributed by atoms with Gasteiger partial charge in [0.25, 0.3) is 0 Å². The average molecular weight is 483 g/mol. The molecule has 1 unspecified atom stereocenters. The highest BCUT2D eigenvalue weighted by molar-refractivity contribution is 6.29. The van der Waals surface area contributed by atoms with Crippen molar-refractivity contribution in [3.05, 3.63) is 58.4 Å². The average Bonchev–Trinajstić information content (AvgIpc) is 2.84. The highest BCUT2D eigenvalue weighted by Gasteiger charge is 2.29. The van der Waals surface area contributed by atoms with Crippen molar-refractivity contribution in [1.82, 2.24) is 4.90 Å². The first-order chi connectivity index (χ1) is 16.9. The van der Waals surface area contributed by atoms with Gasteiger partial charge in [0.05, 0.1) is 11.7 Å². The molecule has 0 aromatic heterocycles. The minimum atomic E-state index is -0.753. The summed E-state index contributed by atoms with van der Waals surface area (Å²) in [6.07, 6.45) is 2.71. The van der Waals surface area contributed by atoms with Crippen molar-refractivity contribution in [2.45, 2.75) is 32.3 Å². The van der Waals surface area contributed by atoms with Crippen LogP contribution in [0.2, 0.25) is 0 Å². The lowest BCUT2D eigenvalue weighted by Crippen LogP contribution is -2.38. The Bertz CT molecular complexity index is 1280. The van der Waals surface area contributed by atoms with E-state index in [-0.39, 0.29) is 29.5 Å². The van der Waals surface area contributed by atoms with E-state index in [2.05, 4.69) is 21.7 Å². The topological polar surface area (TPSA) is 90.0 Å². The van der Waals surface area contributed by atoms with E-state index < -0.39 is 17.7 Å². The second kappa shape index (κ2) is 10.5. The molecule has 2 aromatic rings. The van der Waals surface area contributed by atoms with Crippen LogP contribution < -0.4 is 0 Å². The van der Waals surface area contributed by atoms with Gasteiger partial charge in [-0.05, 0) is 60.5 Å². The van der Waals surface area contributed by atoms with Gasteiger partial charge < -0.3 is 19.8 Å². The molecule has 1 saturated heterocycles. The number of aromatic hydroxyl groups is 1. The summed E-state index contributed by atoms with van der Waals surface area (Å²) in [5.41, 5.74) is 0.854. The maximum absolute atomic E-state index is 16.1. The predicted molar refractivity (Wildman–Crippen MR) is 134 cm³/mol. The maximum atomic E-state index is 16.1. The number of aryl methyl sites for hydroxylation is 1. The first kappa shape index (κ1) is 24.7. The fourth-order valence-corrected chi connectivity index (χ4v) is 4.65. The molecule has 0 radical (unpaired) electrons. The number of β-amino-alcohol motifs (C(OH)–C–C–N with tert-alkyl or cyclic N) is 1. The lowest BCUT2D eigenvalue weighted by atomic mass is 9.93. The molecule has 7 nitrogen and oxygen atoms in total. The van der Waals surface area contributed by atoms with E-state index in [0.717, 1.165) is 6.42 Å². The van der Waals surface area contributed by atoms with E-state index in [1.165, 1.54) is 31.5 Å². The van der Waals surface area contributed by atoms with Crippen LogP contribution in [0.25, 0.3) is 16.5 Å². The molecule has 184 valence electrons. The third-order valence-corrected chi connectivity index (χ3v) is 6.19. The van der Waals surface area contributed by atoms with Gasteiger partial charge in [-0.15, -0.1) is 0 Å². The number of nitrogens with zero attached hydrogens (tertiary/aromatic N) is 4. The van der Waals surface area contributed by atoms with Crippen molar-refractivity contribution >= 4 is 35.1 Å². The number of rotatable bonds is 6. The molecular weight excluding hydrogens is 454 g/mol. The molecule has 35 heavy (non-hydrogen) atoms. The van der Waals surface area contributed by atoms with Gasteiger partial charge in [0.2, 0.25) is 0 Å². The number of phenols is 1. The number of aliphatic imine (C=N–C) groups is 3. The number of ether oxygens (including phenoxy) is 1. The summed E-state index contributed by atoms with van der Waals surface area (Å²) >= 11 is 0. The van der Waals surface area contributed by atoms with E-state index in [1.54, 1.807) is 6.07 Å². The van der Waals surface area contributed by atoms with Crippen molar-refractivity contribution in [3.63, 3.8) is 0 Å². The third-order valence-electron chi connectivity index (χ3n) is 6.19. The van der Waals surface area contributed by atoms with Crippen molar-refractivity contribution in [1.29, 1.82) is 0 Å². The van der Waals surface area contributed by atoms with Gasteiger partial charge in [0.15, 0.2) is 5.83 Å². The number of aliphatic hydroxyl groups excluding tert-OH is 1. The number of aliphatic hydroxyl groups is 1. The molecule has 4 rings (SSSR count). The summed E-state index contributed by atoms with van der Waals surface area (Å²) < 4.78 is 35.9. The molecule has 0 aliphatic carbocycles. The summed E-state index contributed by atoms with van der Waals surface area (Å²) in [7, 11) is 1.44. The zero-order valence-corrected chi connectivity index (χ0v) is 19.8. The molecule has 2 aliphatic heterocycles. The van der Waals surface area contributed by atoms with Crippen molar-refractivity contribution in [3.8, 4) is 5.75 Å². The molecule has 2 aromatic carbocycles. The van der Waals surface area contributed by atoms with Crippen LogP contribution in [-0.4, -0.2) is 66.8 Å². The fraction of sp³-hybridized carbons (Fsp3) is 0.346. The Morgan fingerprint density at radius 3 is 2.80 bits per heavy atom. The standard InChI is InChI=1S/C26H28F2N4O3/c1-4-18-21(27)8-7-15-10-17(34)11-19(22(15)18)24-23(28)25(31-14-35-3)20(12-30-24)26(29-2)32-9-5-6-16(33)13-32/h7-8,10-12,16,33-34H,2,4-6,9,13-14H2,1,3H3/b26-20+,31-25+. The molecular formula is C26H28F2N4O3. The summed E-state index contributed by atoms with van der Waals surface area (Å²) in [4.78, 5) is 14.6. The summed E-state index contributed by atoms with van der Waals surface area (Å²) in [6, 6.07) is 5.77. The van der Waals surface area contributed by atoms with Gasteiger partial charge in [-0.1, -0.05) is 13.0 Å². The highest BCUT2D eigenvalue weighted by atomic mass is 19.1. The number of hydrogen-bond acceptors (Lipinski definition) is 7. The SMILES string of the molecule is C=N/C(=C1/C=NC(c2cc(O)cc3ccc(F)c(CC)c23)=C(F)/C1=N/COC)N1CCCC(O)C1. The van der Waals surface area contributed by atoms with Crippen molar-refractivity contribution < 1.29 is 23.7 Å². The summed E-state index contributed by atoms with van der Waals surface area (Å²) in [5, 5.41) is 21.5. The number of likely N-dealkylation sites (tertiary alicyclic amines) is 1. The molecule has 0 bridgehead atoms. The molecule has 0 saturated carbocycles. The Hall–Kier alpha value is -3.43. The van der Waals surface area contributed by atoms with Crippen LogP contribution in [-0.2, 0) is 11.2 Å². The van der Waals surface area contributed by atoms with Gasteiger partial charge in [-0.25, -0.2) is 13.8 Å². The third kappa shape index (κ3) is 4.74. The van der Waals surface area contributed by atoms with Crippen LogP contribution in [0, 0.1) is 5.82 Å². The molecule has 0 spiro atoms. The zero-order chi connectivity index (χ0) is 25.1. The number of methoxy groups -OCH3 is 1. The van der Waals surface area contributed by atoms with E-state index in [1.807, 2.05) is 11.8 Å². The maximum Gasteiger partial charge on any atom is 0.175 e. The zero-order valence-electron chi connectivity index (χ0n) is 19.8. The molecule has 2 aliphatic rings. The minimum Gasteiger partial charge on any atom is -0.508 e. The molecule has 9 heteroatoms. The van der Waals surface area contributed by atoms with Crippen molar-refractivity contribution in [2.75, 3.05) is 26.9 Å². The quantitative estimate of drug-likeness (QED) is 0.598. The number of allylic oxidation sites excluding steroid dienone is 2. The Balaban J connectivity index is 1.94. The molecule has 1 atom stereocenters. The molecule has 1 fully saturated rings. The number of piperidine rings is 1.